The number of hydrogen-bond donors (Lipinski definition) is 0. The molecule has 1 aromatic rings. The predicted molar refractivity (Wildman–Crippen MR) is 103 cm³/mol. The summed E-state index contributed by atoms with van der Waals surface area (Å²) in [6.45, 7) is 6.03. The van der Waals surface area contributed by atoms with Gasteiger partial charge in [0.2, 0.25) is 5.91 Å². The Kier molecular flexibility index (Phi) is 7.18. The van der Waals surface area contributed by atoms with E-state index >= 15 is 0 Å². The monoisotopic (exact) mass is 429 g/mol. The first-order valence-electron chi connectivity index (χ1n) is 8.36. The molecule has 0 aromatic heterocycles. The summed E-state index contributed by atoms with van der Waals surface area (Å²) in [6.07, 6.45) is 3.31. The van der Waals surface area contributed by atoms with Gasteiger partial charge in [0, 0.05) is 49.8 Å². The maximum Gasteiger partial charge on any atom is 0.282 e. The lowest BCUT2D eigenvalue weighted by atomic mass is 10.2. The second kappa shape index (κ2) is 8.93. The molecule has 6 nitrogen and oxygen atoms in total. The Morgan fingerprint density at radius 1 is 1.12 bits per heavy atom. The largest absolute Gasteiger partial charge is 0.337 e. The van der Waals surface area contributed by atoms with E-state index in [1.807, 2.05) is 38.1 Å². The molecular weight excluding hydrogens is 406 g/mol. The summed E-state index contributed by atoms with van der Waals surface area (Å²) >= 11 is 3.37. The predicted octanol–water partition coefficient (Wildman–Crippen LogP) is 2.19. The van der Waals surface area contributed by atoms with Gasteiger partial charge < -0.3 is 4.90 Å². The smallest absolute Gasteiger partial charge is 0.282 e. The van der Waals surface area contributed by atoms with Gasteiger partial charge in [-0.2, -0.15) is 17.0 Å². The van der Waals surface area contributed by atoms with Crippen LogP contribution in [-0.2, 0) is 15.0 Å². The molecule has 0 unspecified atom stereocenters. The quantitative estimate of drug-likeness (QED) is 0.651. The van der Waals surface area contributed by atoms with Gasteiger partial charge in [-0.1, -0.05) is 41.9 Å². The third-order valence-corrected chi connectivity index (χ3v) is 6.91. The minimum Gasteiger partial charge on any atom is -0.337 e. The zero-order valence-electron chi connectivity index (χ0n) is 14.6. The highest BCUT2D eigenvalue weighted by Gasteiger charge is 2.31. The summed E-state index contributed by atoms with van der Waals surface area (Å²) < 4.78 is 28.9. The third kappa shape index (κ3) is 5.13. The van der Waals surface area contributed by atoms with Crippen LogP contribution in [0.3, 0.4) is 0 Å². The minimum atomic E-state index is -3.43. The van der Waals surface area contributed by atoms with Crippen LogP contribution in [0.1, 0.15) is 19.4 Å². The number of piperazine rings is 1. The van der Waals surface area contributed by atoms with Crippen LogP contribution in [0, 0.1) is 0 Å². The number of nitrogens with zero attached hydrogens (tertiary/aromatic N) is 3. The van der Waals surface area contributed by atoms with Crippen LogP contribution in [-0.4, -0.2) is 67.1 Å². The van der Waals surface area contributed by atoms with Gasteiger partial charge in [-0.3, -0.25) is 4.79 Å². The summed E-state index contributed by atoms with van der Waals surface area (Å²) in [4.78, 5) is 14.0. The third-order valence-electron chi connectivity index (χ3n) is 4.20. The zero-order valence-corrected chi connectivity index (χ0v) is 17.0. The van der Waals surface area contributed by atoms with Gasteiger partial charge in [-0.15, -0.1) is 0 Å². The van der Waals surface area contributed by atoms with Crippen molar-refractivity contribution in [1.29, 1.82) is 0 Å². The Morgan fingerprint density at radius 2 is 1.68 bits per heavy atom. The van der Waals surface area contributed by atoms with Crippen molar-refractivity contribution < 1.29 is 13.2 Å². The molecule has 1 aliphatic rings. The average Bonchev–Trinajstić information content (AvgIpc) is 2.62. The van der Waals surface area contributed by atoms with Crippen LogP contribution in [0.4, 0.5) is 0 Å². The van der Waals surface area contributed by atoms with Crippen LogP contribution in [0.2, 0.25) is 0 Å². The SMILES string of the molecule is CCN(CC)S(=O)(=O)N1CCN(C(=O)C=Cc2ccc(Br)cc2)CC1. The molecule has 0 bridgehead atoms. The van der Waals surface area contributed by atoms with Gasteiger partial charge in [0.05, 0.1) is 0 Å². The first-order valence-corrected chi connectivity index (χ1v) is 10.5. The fourth-order valence-electron chi connectivity index (χ4n) is 2.70. The molecule has 2 rings (SSSR count). The Hall–Kier alpha value is -1.22. The molecule has 1 aliphatic heterocycles. The highest BCUT2D eigenvalue weighted by atomic mass is 79.9. The molecule has 1 fully saturated rings. The number of carbonyl (C=O) groups excluding carboxylic acids is 1. The van der Waals surface area contributed by atoms with Crippen molar-refractivity contribution >= 4 is 38.1 Å². The summed E-state index contributed by atoms with van der Waals surface area (Å²) in [5.74, 6) is -0.0946. The first-order chi connectivity index (χ1) is 11.9. The van der Waals surface area contributed by atoms with Crippen molar-refractivity contribution in [2.75, 3.05) is 39.3 Å². The second-order valence-corrected chi connectivity index (χ2v) is 8.55. The van der Waals surface area contributed by atoms with Crippen molar-refractivity contribution in [3.8, 4) is 0 Å². The maximum absolute atomic E-state index is 12.5. The topological polar surface area (TPSA) is 60.9 Å². The fraction of sp³-hybridized carbons (Fsp3) is 0.471. The van der Waals surface area contributed by atoms with E-state index in [1.165, 1.54) is 14.7 Å². The number of rotatable bonds is 6. The van der Waals surface area contributed by atoms with E-state index in [1.54, 1.807) is 11.0 Å². The van der Waals surface area contributed by atoms with Crippen LogP contribution < -0.4 is 0 Å². The normalized spacial score (nSPS) is 16.7. The van der Waals surface area contributed by atoms with Crippen LogP contribution in [0.5, 0.6) is 0 Å². The highest BCUT2D eigenvalue weighted by molar-refractivity contribution is 9.10. The zero-order chi connectivity index (χ0) is 18.4. The first kappa shape index (κ1) is 20.1. The molecule has 0 saturated carbocycles. The molecular formula is C17H24BrN3O3S. The maximum atomic E-state index is 12.5. The van der Waals surface area contributed by atoms with E-state index in [9.17, 15) is 13.2 Å². The molecule has 0 N–H and O–H groups in total. The molecule has 8 heteroatoms. The standard InChI is InChI=1S/C17H24BrN3O3S/c1-3-20(4-2)25(23,24)21-13-11-19(12-14-21)17(22)10-7-15-5-8-16(18)9-6-15/h5-10H,3-4,11-14H2,1-2H3. The van der Waals surface area contributed by atoms with E-state index in [0.717, 1.165) is 10.0 Å². The molecule has 0 aliphatic carbocycles. The molecule has 1 amide bonds. The summed E-state index contributed by atoms with van der Waals surface area (Å²) in [5, 5.41) is 0. The van der Waals surface area contributed by atoms with Gasteiger partial charge in [0.15, 0.2) is 0 Å². The van der Waals surface area contributed by atoms with E-state index in [2.05, 4.69) is 15.9 Å². The lowest BCUT2D eigenvalue weighted by Crippen LogP contribution is -2.53. The summed E-state index contributed by atoms with van der Waals surface area (Å²) in [7, 11) is -3.43. The number of carbonyl (C=O) groups is 1. The van der Waals surface area contributed by atoms with E-state index in [0.29, 0.717) is 39.3 Å². The van der Waals surface area contributed by atoms with Gasteiger partial charge >= 0.3 is 0 Å². The highest BCUT2D eigenvalue weighted by Crippen LogP contribution is 2.14. The summed E-state index contributed by atoms with van der Waals surface area (Å²) in [6, 6.07) is 7.67. The second-order valence-electron chi connectivity index (χ2n) is 5.70. The lowest BCUT2D eigenvalue weighted by molar-refractivity contribution is -0.127. The fourth-order valence-corrected chi connectivity index (χ4v) is 4.57. The van der Waals surface area contributed by atoms with Crippen molar-refractivity contribution in [1.82, 2.24) is 13.5 Å². The Morgan fingerprint density at radius 3 is 2.20 bits per heavy atom. The Bertz CT molecular complexity index is 707. The molecule has 1 aromatic carbocycles. The van der Waals surface area contributed by atoms with Gasteiger partial charge in [-0.25, -0.2) is 0 Å². The molecule has 0 atom stereocenters. The minimum absolute atomic E-state index is 0.0946. The van der Waals surface area contributed by atoms with Gasteiger partial charge in [-0.05, 0) is 23.8 Å². The lowest BCUT2D eigenvalue weighted by Gasteiger charge is -2.35. The average molecular weight is 430 g/mol. The number of benzene rings is 1. The van der Waals surface area contributed by atoms with Gasteiger partial charge in [0.1, 0.15) is 0 Å². The molecule has 0 radical (unpaired) electrons. The summed E-state index contributed by atoms with van der Waals surface area (Å²) in [5.41, 5.74) is 0.944. The molecule has 138 valence electrons. The van der Waals surface area contributed by atoms with E-state index in [-0.39, 0.29) is 5.91 Å². The Balaban J connectivity index is 1.93. The van der Waals surface area contributed by atoms with Crippen molar-refractivity contribution in [2.24, 2.45) is 0 Å². The molecule has 25 heavy (non-hydrogen) atoms. The van der Waals surface area contributed by atoms with Crippen molar-refractivity contribution in [2.45, 2.75) is 13.8 Å². The molecule has 0 spiro atoms. The van der Waals surface area contributed by atoms with Gasteiger partial charge in [0.25, 0.3) is 10.2 Å². The molecule has 1 heterocycles. The number of amides is 1. The molecule has 1 saturated heterocycles. The van der Waals surface area contributed by atoms with Crippen molar-refractivity contribution in [3.63, 3.8) is 0 Å². The van der Waals surface area contributed by atoms with E-state index in [4.69, 9.17) is 0 Å². The van der Waals surface area contributed by atoms with E-state index < -0.39 is 10.2 Å². The van der Waals surface area contributed by atoms with Crippen LogP contribution in [0.25, 0.3) is 6.08 Å². The van der Waals surface area contributed by atoms with Crippen LogP contribution in [0.15, 0.2) is 34.8 Å². The Labute approximate surface area is 158 Å². The van der Waals surface area contributed by atoms with Crippen molar-refractivity contribution in [3.05, 3.63) is 40.4 Å². The number of halogens is 1. The van der Waals surface area contributed by atoms with Crippen LogP contribution >= 0.6 is 15.9 Å². The number of hydrogen-bond acceptors (Lipinski definition) is 3.